The molecule has 3 nitrogen and oxygen atoms in total. The Morgan fingerprint density at radius 1 is 0.926 bits per heavy atom. The number of methoxy groups -OCH3 is 1. The molecule has 0 radical (unpaired) electrons. The van der Waals surface area contributed by atoms with Gasteiger partial charge >= 0.3 is 0 Å². The van der Waals surface area contributed by atoms with Crippen LogP contribution in [-0.2, 0) is 13.2 Å². The summed E-state index contributed by atoms with van der Waals surface area (Å²) in [7, 11) is 1.68. The van der Waals surface area contributed by atoms with E-state index in [4.69, 9.17) is 9.47 Å². The molecule has 0 saturated heterocycles. The molecule has 0 aliphatic heterocycles. The summed E-state index contributed by atoms with van der Waals surface area (Å²) in [6.07, 6.45) is 0. The lowest BCUT2D eigenvalue weighted by Gasteiger charge is -2.18. The lowest BCUT2D eigenvalue weighted by atomic mass is 10.1. The SMILES string of the molecule is COc1cccc(CN[C@H](C)c2ccccc2)c1OCc1cccc(C)c1. The van der Waals surface area contributed by atoms with Crippen molar-refractivity contribution in [2.24, 2.45) is 0 Å². The van der Waals surface area contributed by atoms with Gasteiger partial charge in [0.2, 0.25) is 0 Å². The summed E-state index contributed by atoms with van der Waals surface area (Å²) >= 11 is 0. The minimum absolute atomic E-state index is 0.252. The molecule has 0 spiro atoms. The molecule has 0 aromatic heterocycles. The van der Waals surface area contributed by atoms with Gasteiger partial charge in [-0.2, -0.15) is 0 Å². The molecular formula is C24H27NO2. The number of benzene rings is 3. The molecule has 0 heterocycles. The Morgan fingerprint density at radius 2 is 1.70 bits per heavy atom. The minimum atomic E-state index is 0.252. The maximum absolute atomic E-state index is 6.17. The molecule has 0 saturated carbocycles. The number of rotatable bonds is 8. The summed E-state index contributed by atoms with van der Waals surface area (Å²) in [4.78, 5) is 0. The first-order chi connectivity index (χ1) is 13.2. The van der Waals surface area contributed by atoms with E-state index in [1.807, 2.05) is 18.2 Å². The number of aryl methyl sites for hydroxylation is 1. The van der Waals surface area contributed by atoms with Gasteiger partial charge in [0.05, 0.1) is 7.11 Å². The van der Waals surface area contributed by atoms with Crippen LogP contribution in [-0.4, -0.2) is 7.11 Å². The quantitative estimate of drug-likeness (QED) is 0.580. The lowest BCUT2D eigenvalue weighted by Crippen LogP contribution is -2.18. The van der Waals surface area contributed by atoms with Gasteiger partial charge < -0.3 is 14.8 Å². The van der Waals surface area contributed by atoms with Crippen molar-refractivity contribution in [3.05, 3.63) is 95.1 Å². The fourth-order valence-electron chi connectivity index (χ4n) is 3.11. The highest BCUT2D eigenvalue weighted by Crippen LogP contribution is 2.32. The second kappa shape index (κ2) is 9.24. The van der Waals surface area contributed by atoms with Crippen LogP contribution in [0.1, 0.15) is 35.2 Å². The van der Waals surface area contributed by atoms with Crippen molar-refractivity contribution < 1.29 is 9.47 Å². The zero-order valence-electron chi connectivity index (χ0n) is 16.2. The third-order valence-corrected chi connectivity index (χ3v) is 4.64. The van der Waals surface area contributed by atoms with Crippen molar-refractivity contribution in [3.8, 4) is 11.5 Å². The summed E-state index contributed by atoms with van der Waals surface area (Å²) in [6.45, 7) is 5.48. The monoisotopic (exact) mass is 361 g/mol. The number of para-hydroxylation sites is 1. The van der Waals surface area contributed by atoms with E-state index in [1.54, 1.807) is 7.11 Å². The van der Waals surface area contributed by atoms with E-state index in [1.165, 1.54) is 11.1 Å². The minimum Gasteiger partial charge on any atom is -0.493 e. The van der Waals surface area contributed by atoms with E-state index < -0.39 is 0 Å². The predicted molar refractivity (Wildman–Crippen MR) is 110 cm³/mol. The van der Waals surface area contributed by atoms with E-state index >= 15 is 0 Å². The summed E-state index contributed by atoms with van der Waals surface area (Å²) in [5, 5.41) is 3.58. The van der Waals surface area contributed by atoms with E-state index in [2.05, 4.69) is 73.8 Å². The first-order valence-electron chi connectivity index (χ1n) is 9.30. The molecule has 3 aromatic carbocycles. The molecule has 1 N–H and O–H groups in total. The zero-order chi connectivity index (χ0) is 19.1. The molecule has 1 atom stereocenters. The molecule has 0 bridgehead atoms. The van der Waals surface area contributed by atoms with Crippen molar-refractivity contribution in [2.75, 3.05) is 7.11 Å². The Bertz CT molecular complexity index is 861. The summed E-state index contributed by atoms with van der Waals surface area (Å²) in [5.74, 6) is 1.56. The van der Waals surface area contributed by atoms with E-state index in [9.17, 15) is 0 Å². The van der Waals surface area contributed by atoms with Crippen LogP contribution < -0.4 is 14.8 Å². The Labute approximate surface area is 162 Å². The maximum atomic E-state index is 6.17. The van der Waals surface area contributed by atoms with Gasteiger partial charge in [-0.05, 0) is 31.0 Å². The number of hydrogen-bond donors (Lipinski definition) is 1. The van der Waals surface area contributed by atoms with Gasteiger partial charge in [-0.25, -0.2) is 0 Å². The predicted octanol–water partition coefficient (Wildman–Crippen LogP) is 5.43. The van der Waals surface area contributed by atoms with Crippen molar-refractivity contribution in [2.45, 2.75) is 33.0 Å². The highest BCUT2D eigenvalue weighted by molar-refractivity contribution is 5.47. The Balaban J connectivity index is 1.73. The van der Waals surface area contributed by atoms with Crippen LogP contribution in [0.3, 0.4) is 0 Å². The second-order valence-corrected chi connectivity index (χ2v) is 6.74. The Morgan fingerprint density at radius 3 is 2.44 bits per heavy atom. The summed E-state index contributed by atoms with van der Waals surface area (Å²) in [6, 6.07) is 25.1. The molecule has 0 fully saturated rings. The Kier molecular flexibility index (Phi) is 6.50. The zero-order valence-corrected chi connectivity index (χ0v) is 16.2. The largest absolute Gasteiger partial charge is 0.493 e. The third-order valence-electron chi connectivity index (χ3n) is 4.64. The third kappa shape index (κ3) is 5.11. The fraction of sp³-hybridized carbons (Fsp3) is 0.250. The molecule has 3 heteroatoms. The van der Waals surface area contributed by atoms with Gasteiger partial charge in [0, 0.05) is 18.2 Å². The number of ether oxygens (including phenoxy) is 2. The molecule has 27 heavy (non-hydrogen) atoms. The molecular weight excluding hydrogens is 334 g/mol. The second-order valence-electron chi connectivity index (χ2n) is 6.74. The smallest absolute Gasteiger partial charge is 0.166 e. The van der Waals surface area contributed by atoms with Crippen molar-refractivity contribution in [1.82, 2.24) is 5.32 Å². The van der Waals surface area contributed by atoms with Crippen LogP contribution in [0.5, 0.6) is 11.5 Å². The molecule has 3 rings (SSSR count). The van der Waals surface area contributed by atoms with Crippen LogP contribution in [0.4, 0.5) is 0 Å². The van der Waals surface area contributed by atoms with Crippen LogP contribution in [0.25, 0.3) is 0 Å². The maximum Gasteiger partial charge on any atom is 0.166 e. The van der Waals surface area contributed by atoms with Gasteiger partial charge in [-0.15, -0.1) is 0 Å². The molecule has 3 aromatic rings. The number of hydrogen-bond acceptors (Lipinski definition) is 3. The van der Waals surface area contributed by atoms with Crippen LogP contribution in [0.2, 0.25) is 0 Å². The van der Waals surface area contributed by atoms with Crippen LogP contribution >= 0.6 is 0 Å². The molecule has 0 aliphatic carbocycles. The van der Waals surface area contributed by atoms with E-state index in [0.29, 0.717) is 13.2 Å². The van der Waals surface area contributed by atoms with Gasteiger partial charge in [-0.3, -0.25) is 0 Å². The van der Waals surface area contributed by atoms with Gasteiger partial charge in [0.25, 0.3) is 0 Å². The topological polar surface area (TPSA) is 30.5 Å². The first-order valence-corrected chi connectivity index (χ1v) is 9.30. The van der Waals surface area contributed by atoms with Crippen LogP contribution in [0, 0.1) is 6.92 Å². The van der Waals surface area contributed by atoms with Crippen molar-refractivity contribution >= 4 is 0 Å². The highest BCUT2D eigenvalue weighted by Gasteiger charge is 2.12. The number of nitrogens with one attached hydrogen (secondary N) is 1. The summed E-state index contributed by atoms with van der Waals surface area (Å²) < 4.78 is 11.7. The Hall–Kier alpha value is -2.78. The molecule has 0 amide bonds. The van der Waals surface area contributed by atoms with E-state index in [0.717, 1.165) is 22.6 Å². The van der Waals surface area contributed by atoms with Gasteiger partial charge in [0.1, 0.15) is 6.61 Å². The normalized spacial score (nSPS) is 11.8. The van der Waals surface area contributed by atoms with Crippen molar-refractivity contribution in [3.63, 3.8) is 0 Å². The average Bonchev–Trinajstić information content (AvgIpc) is 2.71. The fourth-order valence-corrected chi connectivity index (χ4v) is 3.11. The summed E-state index contributed by atoms with van der Waals surface area (Å²) in [5.41, 5.74) is 4.74. The highest BCUT2D eigenvalue weighted by atomic mass is 16.5. The van der Waals surface area contributed by atoms with E-state index in [-0.39, 0.29) is 6.04 Å². The van der Waals surface area contributed by atoms with Gasteiger partial charge in [-0.1, -0.05) is 72.3 Å². The average molecular weight is 361 g/mol. The molecule has 0 unspecified atom stereocenters. The van der Waals surface area contributed by atoms with Gasteiger partial charge in [0.15, 0.2) is 11.5 Å². The first kappa shape index (κ1) is 19.0. The standard InChI is InChI=1S/C24H27NO2/c1-18-9-7-10-20(15-18)17-27-24-22(13-8-14-23(24)26-3)16-25-19(2)21-11-5-4-6-12-21/h4-15,19,25H,16-17H2,1-3H3/t19-/m1/s1. The molecule has 0 aliphatic rings. The van der Waals surface area contributed by atoms with Crippen molar-refractivity contribution in [1.29, 1.82) is 0 Å². The molecule has 140 valence electrons. The van der Waals surface area contributed by atoms with Crippen LogP contribution in [0.15, 0.2) is 72.8 Å². The lowest BCUT2D eigenvalue weighted by molar-refractivity contribution is 0.280.